The van der Waals surface area contributed by atoms with Crippen molar-refractivity contribution in [2.45, 2.75) is 18.2 Å². The van der Waals surface area contributed by atoms with Gasteiger partial charge in [-0.2, -0.15) is 0 Å². The van der Waals surface area contributed by atoms with Crippen molar-refractivity contribution in [1.29, 1.82) is 0 Å². The van der Waals surface area contributed by atoms with Gasteiger partial charge in [-0.1, -0.05) is 0 Å². The van der Waals surface area contributed by atoms with Crippen LogP contribution in [0.1, 0.15) is 11.4 Å². The summed E-state index contributed by atoms with van der Waals surface area (Å²) in [6, 6.07) is 8.73. The molecule has 7 heteroatoms. The van der Waals surface area contributed by atoms with E-state index in [9.17, 15) is 8.42 Å². The molecule has 3 aromatic rings. The van der Waals surface area contributed by atoms with Crippen LogP contribution in [0.3, 0.4) is 0 Å². The summed E-state index contributed by atoms with van der Waals surface area (Å²) in [6.07, 6.45) is 4.06. The highest BCUT2D eigenvalue weighted by Crippen LogP contribution is 2.20. The quantitative estimate of drug-likeness (QED) is 0.777. The van der Waals surface area contributed by atoms with Gasteiger partial charge in [0.15, 0.2) is 0 Å². The molecule has 0 atom stereocenters. The van der Waals surface area contributed by atoms with Crippen LogP contribution in [0.25, 0.3) is 11.0 Å². The Morgan fingerprint density at radius 3 is 2.65 bits per heavy atom. The van der Waals surface area contributed by atoms with Crippen LogP contribution in [0, 0.1) is 6.92 Å². The summed E-state index contributed by atoms with van der Waals surface area (Å²) in [5.74, 6) is 0.764. The number of imidazole rings is 1. The number of sulfonamides is 1. The van der Waals surface area contributed by atoms with Crippen LogP contribution in [0.4, 0.5) is 0 Å². The molecule has 0 saturated heterocycles. The van der Waals surface area contributed by atoms with Crippen molar-refractivity contribution in [3.63, 3.8) is 0 Å². The maximum atomic E-state index is 12.7. The Morgan fingerprint density at radius 2 is 1.91 bits per heavy atom. The largest absolute Gasteiger partial charge is 0.342 e. The van der Waals surface area contributed by atoms with Crippen molar-refractivity contribution in [1.82, 2.24) is 19.3 Å². The molecule has 2 aromatic heterocycles. The number of benzene rings is 1. The van der Waals surface area contributed by atoms with Gasteiger partial charge >= 0.3 is 0 Å². The minimum absolute atomic E-state index is 0.269. The molecule has 6 nitrogen and oxygen atoms in total. The third kappa shape index (κ3) is 3.25. The molecule has 1 N–H and O–H groups in total. The Hall–Kier alpha value is -2.25. The number of H-pyrrole nitrogens is 1. The van der Waals surface area contributed by atoms with E-state index in [-0.39, 0.29) is 4.90 Å². The van der Waals surface area contributed by atoms with Gasteiger partial charge < -0.3 is 4.98 Å². The molecule has 0 bridgehead atoms. The van der Waals surface area contributed by atoms with E-state index in [0.717, 1.165) is 22.4 Å². The lowest BCUT2D eigenvalue weighted by Gasteiger charge is -2.17. The number of rotatable bonds is 5. The molecule has 0 aliphatic carbocycles. The molecule has 0 unspecified atom stereocenters. The number of likely N-dealkylation sites (N-methyl/N-ethyl adjacent to an activating group) is 1. The van der Waals surface area contributed by atoms with Crippen LogP contribution >= 0.6 is 0 Å². The number of aryl methyl sites for hydroxylation is 1. The van der Waals surface area contributed by atoms with E-state index in [1.54, 1.807) is 37.6 Å². The predicted octanol–water partition coefficient (Wildman–Crippen LogP) is 2.13. The monoisotopic (exact) mass is 330 g/mol. The zero-order valence-electron chi connectivity index (χ0n) is 13.0. The Morgan fingerprint density at radius 1 is 1.17 bits per heavy atom. The highest BCUT2D eigenvalue weighted by Gasteiger charge is 2.21. The topological polar surface area (TPSA) is 79.0 Å². The minimum Gasteiger partial charge on any atom is -0.342 e. The number of aromatic nitrogens is 3. The first kappa shape index (κ1) is 15.6. The number of fused-ring (bicyclic) bond motifs is 1. The highest BCUT2D eigenvalue weighted by molar-refractivity contribution is 7.89. The molecule has 120 valence electrons. The molecule has 0 radical (unpaired) electrons. The second kappa shape index (κ2) is 6.10. The van der Waals surface area contributed by atoms with Crippen LogP contribution < -0.4 is 0 Å². The Balaban J connectivity index is 1.81. The van der Waals surface area contributed by atoms with E-state index in [4.69, 9.17) is 0 Å². The number of hydrogen-bond donors (Lipinski definition) is 1. The molecular formula is C16H18N4O2S. The molecule has 0 saturated carbocycles. The minimum atomic E-state index is -3.52. The van der Waals surface area contributed by atoms with Crippen LogP contribution in [0.2, 0.25) is 0 Å². The highest BCUT2D eigenvalue weighted by atomic mass is 32.2. The lowest BCUT2D eigenvalue weighted by atomic mass is 10.2. The fraction of sp³-hybridized carbons (Fsp3) is 0.250. The smallest absolute Gasteiger partial charge is 0.242 e. The molecule has 0 amide bonds. The van der Waals surface area contributed by atoms with Crippen LogP contribution in [0.5, 0.6) is 0 Å². The Bertz CT molecular complexity index is 920. The summed E-state index contributed by atoms with van der Waals surface area (Å²) in [5, 5.41) is 0. The van der Waals surface area contributed by atoms with Crippen LogP contribution in [0.15, 0.2) is 47.6 Å². The van der Waals surface area contributed by atoms with Gasteiger partial charge in [0.2, 0.25) is 10.0 Å². The molecule has 0 spiro atoms. The van der Waals surface area contributed by atoms with Gasteiger partial charge in [0.05, 0.1) is 15.9 Å². The van der Waals surface area contributed by atoms with E-state index in [0.29, 0.717) is 13.0 Å². The van der Waals surface area contributed by atoms with Gasteiger partial charge in [0.25, 0.3) is 0 Å². The fourth-order valence-electron chi connectivity index (χ4n) is 2.41. The van der Waals surface area contributed by atoms with E-state index in [2.05, 4.69) is 15.0 Å². The van der Waals surface area contributed by atoms with Gasteiger partial charge in [-0.25, -0.2) is 17.7 Å². The second-order valence-electron chi connectivity index (χ2n) is 5.43. The summed E-state index contributed by atoms with van der Waals surface area (Å²) in [7, 11) is -1.93. The van der Waals surface area contributed by atoms with Crippen molar-refractivity contribution in [2.75, 3.05) is 13.6 Å². The number of nitrogens with one attached hydrogen (secondary N) is 1. The summed E-state index contributed by atoms with van der Waals surface area (Å²) < 4.78 is 26.7. The predicted molar refractivity (Wildman–Crippen MR) is 88.6 cm³/mol. The fourth-order valence-corrected chi connectivity index (χ4v) is 3.61. The SMILES string of the molecule is Cc1nc2ccc(S(=O)(=O)N(C)CCc3ccncc3)cc2[nH]1. The van der Waals surface area contributed by atoms with Crippen molar-refractivity contribution < 1.29 is 8.42 Å². The summed E-state index contributed by atoms with van der Waals surface area (Å²) >= 11 is 0. The molecule has 3 rings (SSSR count). The summed E-state index contributed by atoms with van der Waals surface area (Å²) in [6.45, 7) is 2.25. The first-order valence-corrected chi connectivity index (χ1v) is 8.72. The second-order valence-corrected chi connectivity index (χ2v) is 7.48. The third-order valence-corrected chi connectivity index (χ3v) is 5.60. The van der Waals surface area contributed by atoms with Gasteiger partial charge in [0.1, 0.15) is 5.82 Å². The summed E-state index contributed by atoms with van der Waals surface area (Å²) in [4.78, 5) is 11.6. The van der Waals surface area contributed by atoms with Crippen molar-refractivity contribution in [2.24, 2.45) is 0 Å². The average Bonchev–Trinajstić information content (AvgIpc) is 2.92. The lowest BCUT2D eigenvalue weighted by Crippen LogP contribution is -2.29. The number of pyridine rings is 1. The summed E-state index contributed by atoms with van der Waals surface area (Å²) in [5.41, 5.74) is 2.55. The standard InChI is InChI=1S/C16H18N4O2S/c1-12-18-15-4-3-14(11-16(15)19-12)23(21,22)20(2)10-7-13-5-8-17-9-6-13/h3-6,8-9,11H,7,10H2,1-2H3,(H,18,19). The van der Waals surface area contributed by atoms with E-state index < -0.39 is 10.0 Å². The first-order chi connectivity index (χ1) is 11.0. The molecule has 0 fully saturated rings. The molecule has 1 aromatic carbocycles. The van der Waals surface area contributed by atoms with Gasteiger partial charge in [0, 0.05) is 26.0 Å². The average molecular weight is 330 g/mol. The maximum Gasteiger partial charge on any atom is 0.242 e. The van der Waals surface area contributed by atoms with Gasteiger partial charge in [-0.3, -0.25) is 4.98 Å². The maximum absolute atomic E-state index is 12.7. The van der Waals surface area contributed by atoms with E-state index in [1.165, 1.54) is 4.31 Å². The zero-order chi connectivity index (χ0) is 16.4. The number of hydrogen-bond acceptors (Lipinski definition) is 4. The van der Waals surface area contributed by atoms with Crippen molar-refractivity contribution in [3.05, 3.63) is 54.1 Å². The number of nitrogens with zero attached hydrogens (tertiary/aromatic N) is 3. The van der Waals surface area contributed by atoms with E-state index in [1.807, 2.05) is 19.1 Å². The molecule has 2 heterocycles. The molecule has 23 heavy (non-hydrogen) atoms. The van der Waals surface area contributed by atoms with E-state index >= 15 is 0 Å². The van der Waals surface area contributed by atoms with Crippen LogP contribution in [-0.4, -0.2) is 41.3 Å². The first-order valence-electron chi connectivity index (χ1n) is 7.28. The molecule has 0 aliphatic heterocycles. The van der Waals surface area contributed by atoms with Crippen molar-refractivity contribution in [3.8, 4) is 0 Å². The van der Waals surface area contributed by atoms with Crippen LogP contribution in [-0.2, 0) is 16.4 Å². The Labute approximate surface area is 135 Å². The van der Waals surface area contributed by atoms with Crippen molar-refractivity contribution >= 4 is 21.1 Å². The Kier molecular flexibility index (Phi) is 4.14. The third-order valence-electron chi connectivity index (χ3n) is 3.74. The van der Waals surface area contributed by atoms with Gasteiger partial charge in [-0.15, -0.1) is 0 Å². The number of aromatic amines is 1. The lowest BCUT2D eigenvalue weighted by molar-refractivity contribution is 0.472. The zero-order valence-corrected chi connectivity index (χ0v) is 13.8. The molecular weight excluding hydrogens is 312 g/mol. The molecule has 0 aliphatic rings. The normalized spacial score (nSPS) is 12.1. The van der Waals surface area contributed by atoms with Gasteiger partial charge in [-0.05, 0) is 49.2 Å².